The zero-order chi connectivity index (χ0) is 22.5. The van der Waals surface area contributed by atoms with Crippen LogP contribution in [0.3, 0.4) is 0 Å². The number of para-hydroxylation sites is 1. The Balaban J connectivity index is 1.58. The molecule has 0 saturated carbocycles. The number of hydrogen-bond acceptors (Lipinski definition) is 6. The normalized spacial score (nSPS) is 10.6. The molecule has 158 valence electrons. The number of carbonyl (C=O) groups excluding carboxylic acids is 1. The van der Waals surface area contributed by atoms with Crippen LogP contribution in [-0.4, -0.2) is 26.2 Å². The van der Waals surface area contributed by atoms with E-state index in [1.165, 1.54) is 17.8 Å². The lowest BCUT2D eigenvalue weighted by molar-refractivity contribution is -0.113. The van der Waals surface area contributed by atoms with Crippen LogP contribution in [0.1, 0.15) is 11.1 Å². The van der Waals surface area contributed by atoms with E-state index in [0.29, 0.717) is 33.9 Å². The highest BCUT2D eigenvalue weighted by Crippen LogP contribution is 2.22. The molecule has 2 heterocycles. The molecule has 2 aromatic carbocycles. The van der Waals surface area contributed by atoms with Crippen molar-refractivity contribution in [1.29, 1.82) is 5.26 Å². The minimum atomic E-state index is -0.286. The Morgan fingerprint density at radius 1 is 1.19 bits per heavy atom. The molecule has 9 heteroatoms. The van der Waals surface area contributed by atoms with Gasteiger partial charge in [-0.15, -0.1) is 0 Å². The fourth-order valence-corrected chi connectivity index (χ4v) is 4.10. The lowest BCUT2D eigenvalue weighted by Gasteiger charge is -2.13. The van der Waals surface area contributed by atoms with Crippen molar-refractivity contribution in [2.75, 3.05) is 11.1 Å². The number of aromatic nitrogens is 3. The molecule has 4 aromatic rings. The van der Waals surface area contributed by atoms with Crippen LogP contribution < -0.4 is 10.9 Å². The Morgan fingerprint density at radius 2 is 2.03 bits per heavy atom. The van der Waals surface area contributed by atoms with Gasteiger partial charge in [-0.1, -0.05) is 41.6 Å². The SMILES string of the molecule is N#Cc1ccc(NC(=O)CSc2nc3ccccc3c(=O)n2Cc2cccnc2)cc1Cl. The van der Waals surface area contributed by atoms with Crippen LogP contribution in [0, 0.1) is 11.3 Å². The first-order valence-corrected chi connectivity index (χ1v) is 10.9. The molecule has 0 atom stereocenters. The van der Waals surface area contributed by atoms with E-state index in [1.807, 2.05) is 18.2 Å². The topological polar surface area (TPSA) is 101 Å². The molecule has 0 aliphatic heterocycles. The average molecular weight is 462 g/mol. The Kier molecular flexibility index (Phi) is 6.50. The van der Waals surface area contributed by atoms with Gasteiger partial charge in [0.15, 0.2) is 5.16 Å². The van der Waals surface area contributed by atoms with Crippen LogP contribution in [0.4, 0.5) is 5.69 Å². The van der Waals surface area contributed by atoms with E-state index in [4.69, 9.17) is 16.9 Å². The minimum Gasteiger partial charge on any atom is -0.325 e. The third-order valence-electron chi connectivity index (χ3n) is 4.60. The summed E-state index contributed by atoms with van der Waals surface area (Å²) in [6.45, 7) is 0.291. The molecule has 0 radical (unpaired) electrons. The molecule has 0 saturated heterocycles. The van der Waals surface area contributed by atoms with Crippen LogP contribution in [0.15, 0.2) is 76.9 Å². The van der Waals surface area contributed by atoms with Gasteiger partial charge in [0, 0.05) is 18.1 Å². The van der Waals surface area contributed by atoms with E-state index in [0.717, 1.165) is 5.56 Å². The standard InChI is InChI=1S/C23H16ClN5O2S/c24-19-10-17(8-7-16(19)11-25)27-21(30)14-32-23-28-20-6-2-1-5-18(20)22(31)29(23)13-15-4-3-9-26-12-15/h1-10,12H,13-14H2,(H,27,30). The Bertz CT molecular complexity index is 1400. The molecule has 0 bridgehead atoms. The number of anilines is 1. The highest BCUT2D eigenvalue weighted by Gasteiger charge is 2.14. The smallest absolute Gasteiger partial charge is 0.262 e. The molecule has 0 unspecified atom stereocenters. The van der Waals surface area contributed by atoms with Gasteiger partial charge in [0.05, 0.1) is 33.8 Å². The number of nitrogens with zero attached hydrogens (tertiary/aromatic N) is 4. The summed E-state index contributed by atoms with van der Waals surface area (Å²) in [6, 6.07) is 17.5. The van der Waals surface area contributed by atoms with Crippen molar-refractivity contribution in [3.05, 3.63) is 93.5 Å². The summed E-state index contributed by atoms with van der Waals surface area (Å²) in [5, 5.41) is 12.9. The predicted octanol–water partition coefficient (Wildman–Crippen LogP) is 4.10. The van der Waals surface area contributed by atoms with Crippen LogP contribution in [0.25, 0.3) is 10.9 Å². The summed E-state index contributed by atoms with van der Waals surface area (Å²) in [5.41, 5.74) is 2.06. The summed E-state index contributed by atoms with van der Waals surface area (Å²) < 4.78 is 1.55. The minimum absolute atomic E-state index is 0.0371. The molecule has 7 nitrogen and oxygen atoms in total. The van der Waals surface area contributed by atoms with Crippen LogP contribution in [0.5, 0.6) is 0 Å². The number of halogens is 1. The third-order valence-corrected chi connectivity index (χ3v) is 5.88. The monoisotopic (exact) mass is 461 g/mol. The molecular weight excluding hydrogens is 446 g/mol. The number of carbonyl (C=O) groups is 1. The highest BCUT2D eigenvalue weighted by molar-refractivity contribution is 7.99. The van der Waals surface area contributed by atoms with Crippen LogP contribution in [-0.2, 0) is 11.3 Å². The molecule has 2 aromatic heterocycles. The Morgan fingerprint density at radius 3 is 2.78 bits per heavy atom. The van der Waals surface area contributed by atoms with Crippen LogP contribution >= 0.6 is 23.4 Å². The zero-order valence-electron chi connectivity index (χ0n) is 16.7. The second kappa shape index (κ2) is 9.64. The number of pyridine rings is 1. The molecule has 0 fully saturated rings. The fourth-order valence-electron chi connectivity index (χ4n) is 3.08. The van der Waals surface area contributed by atoms with E-state index in [1.54, 1.807) is 53.4 Å². The van der Waals surface area contributed by atoms with Crippen molar-refractivity contribution >= 4 is 45.9 Å². The van der Waals surface area contributed by atoms with Gasteiger partial charge in [-0.05, 0) is 42.0 Å². The number of benzene rings is 2. The number of thioether (sulfide) groups is 1. The Labute approximate surface area is 192 Å². The lowest BCUT2D eigenvalue weighted by Crippen LogP contribution is -2.25. The largest absolute Gasteiger partial charge is 0.325 e. The number of nitrogens with one attached hydrogen (secondary N) is 1. The maximum absolute atomic E-state index is 13.1. The van der Waals surface area contributed by atoms with Crippen LogP contribution in [0.2, 0.25) is 5.02 Å². The van der Waals surface area contributed by atoms with Gasteiger partial charge >= 0.3 is 0 Å². The van der Waals surface area contributed by atoms with Crippen molar-refractivity contribution in [3.63, 3.8) is 0 Å². The van der Waals surface area contributed by atoms with Crippen molar-refractivity contribution in [1.82, 2.24) is 14.5 Å². The molecule has 1 N–H and O–H groups in total. The van der Waals surface area contributed by atoms with E-state index < -0.39 is 0 Å². The molecule has 4 rings (SSSR count). The number of hydrogen-bond donors (Lipinski definition) is 1. The van der Waals surface area contributed by atoms with Gasteiger partial charge < -0.3 is 5.32 Å². The second-order valence-corrected chi connectivity index (χ2v) is 8.16. The van der Waals surface area contributed by atoms with Gasteiger partial charge in [-0.25, -0.2) is 4.98 Å². The number of amides is 1. The van der Waals surface area contributed by atoms with E-state index in [9.17, 15) is 9.59 Å². The maximum Gasteiger partial charge on any atom is 0.262 e. The first-order chi connectivity index (χ1) is 15.5. The number of rotatable bonds is 6. The predicted molar refractivity (Wildman–Crippen MR) is 125 cm³/mol. The quantitative estimate of drug-likeness (QED) is 0.343. The van der Waals surface area contributed by atoms with E-state index in [2.05, 4.69) is 15.3 Å². The maximum atomic E-state index is 13.1. The highest BCUT2D eigenvalue weighted by atomic mass is 35.5. The third kappa shape index (κ3) is 4.80. The molecule has 0 spiro atoms. The number of nitriles is 1. The summed E-state index contributed by atoms with van der Waals surface area (Å²) >= 11 is 7.19. The van der Waals surface area contributed by atoms with E-state index >= 15 is 0 Å². The van der Waals surface area contributed by atoms with Gasteiger partial charge in [0.1, 0.15) is 6.07 Å². The average Bonchev–Trinajstić information content (AvgIpc) is 2.80. The Hall–Kier alpha value is -3.67. The fraction of sp³-hybridized carbons (Fsp3) is 0.0870. The van der Waals surface area contributed by atoms with Gasteiger partial charge in [-0.2, -0.15) is 5.26 Å². The first kappa shape index (κ1) is 21.6. The lowest BCUT2D eigenvalue weighted by atomic mass is 10.2. The summed E-state index contributed by atoms with van der Waals surface area (Å²) in [5.74, 6) is -0.249. The van der Waals surface area contributed by atoms with E-state index in [-0.39, 0.29) is 22.2 Å². The number of fused-ring (bicyclic) bond motifs is 1. The zero-order valence-corrected chi connectivity index (χ0v) is 18.2. The molecule has 1 amide bonds. The summed E-state index contributed by atoms with van der Waals surface area (Å²) in [4.78, 5) is 34.4. The summed E-state index contributed by atoms with van der Waals surface area (Å²) in [7, 11) is 0. The second-order valence-electron chi connectivity index (χ2n) is 6.81. The molecule has 0 aliphatic rings. The molecule has 32 heavy (non-hydrogen) atoms. The molecular formula is C23H16ClN5O2S. The molecule has 0 aliphatic carbocycles. The van der Waals surface area contributed by atoms with Gasteiger partial charge in [0.25, 0.3) is 5.56 Å². The van der Waals surface area contributed by atoms with Crippen molar-refractivity contribution in [2.45, 2.75) is 11.7 Å². The summed E-state index contributed by atoms with van der Waals surface area (Å²) in [6.07, 6.45) is 3.36. The first-order valence-electron chi connectivity index (χ1n) is 9.56. The van der Waals surface area contributed by atoms with Crippen molar-refractivity contribution in [2.24, 2.45) is 0 Å². The van der Waals surface area contributed by atoms with Gasteiger partial charge in [0.2, 0.25) is 5.91 Å². The van der Waals surface area contributed by atoms with Crippen molar-refractivity contribution < 1.29 is 4.79 Å². The van der Waals surface area contributed by atoms with Gasteiger partial charge in [-0.3, -0.25) is 19.1 Å². The van der Waals surface area contributed by atoms with Crippen molar-refractivity contribution in [3.8, 4) is 6.07 Å².